The van der Waals surface area contributed by atoms with Crippen molar-refractivity contribution in [1.29, 1.82) is 0 Å². The van der Waals surface area contributed by atoms with Crippen molar-refractivity contribution in [2.75, 3.05) is 13.2 Å². The predicted octanol–water partition coefficient (Wildman–Crippen LogP) is 2.09. The first-order chi connectivity index (χ1) is 8.31. The average molecular weight is 268 g/mol. The fourth-order valence-corrected chi connectivity index (χ4v) is 2.61. The van der Waals surface area contributed by atoms with Gasteiger partial charge < -0.3 is 10.1 Å². The lowest BCUT2D eigenvalue weighted by Crippen LogP contribution is -2.51. The van der Waals surface area contributed by atoms with Gasteiger partial charge in [0.2, 0.25) is 5.91 Å². The third kappa shape index (κ3) is 2.72. The van der Waals surface area contributed by atoms with Crippen LogP contribution in [-0.2, 0) is 21.5 Å². The highest BCUT2D eigenvalue weighted by molar-refractivity contribution is 7.09. The van der Waals surface area contributed by atoms with Gasteiger partial charge in [-0.05, 0) is 6.92 Å². The van der Waals surface area contributed by atoms with Crippen LogP contribution < -0.4 is 5.32 Å². The smallest absolute Gasteiger partial charge is 0.230 e. The van der Waals surface area contributed by atoms with E-state index in [0.717, 1.165) is 10.7 Å². The molecule has 0 radical (unpaired) electrons. The van der Waals surface area contributed by atoms with E-state index in [4.69, 9.17) is 4.74 Å². The number of amides is 1. The summed E-state index contributed by atoms with van der Waals surface area (Å²) in [6.45, 7) is 9.88. The second-order valence-electron chi connectivity index (χ2n) is 6.11. The molecule has 1 fully saturated rings. The molecule has 2 heterocycles. The number of hydrogen-bond donors (Lipinski definition) is 1. The second kappa shape index (κ2) is 4.63. The third-order valence-corrected chi connectivity index (χ3v) is 3.96. The number of thiazole rings is 1. The maximum absolute atomic E-state index is 11.9. The van der Waals surface area contributed by atoms with Crippen LogP contribution in [-0.4, -0.2) is 24.1 Å². The molecule has 0 spiro atoms. The minimum atomic E-state index is -0.343. The largest absolute Gasteiger partial charge is 0.379 e. The van der Waals surface area contributed by atoms with E-state index in [0.29, 0.717) is 19.8 Å². The summed E-state index contributed by atoms with van der Waals surface area (Å²) in [4.78, 5) is 16.5. The quantitative estimate of drug-likeness (QED) is 0.913. The molecular weight excluding hydrogens is 248 g/mol. The van der Waals surface area contributed by atoms with Gasteiger partial charge in [-0.2, -0.15) is 0 Å². The Kier molecular flexibility index (Phi) is 3.47. The minimum Gasteiger partial charge on any atom is -0.379 e. The molecule has 1 aliphatic rings. The van der Waals surface area contributed by atoms with Gasteiger partial charge in [0.1, 0.15) is 5.01 Å². The fraction of sp³-hybridized carbons (Fsp3) is 0.692. The first kappa shape index (κ1) is 13.5. The molecule has 0 aliphatic carbocycles. The summed E-state index contributed by atoms with van der Waals surface area (Å²) in [5.74, 6) is 0.0567. The van der Waals surface area contributed by atoms with Gasteiger partial charge in [0.25, 0.3) is 0 Å². The molecule has 0 saturated carbocycles. The summed E-state index contributed by atoms with van der Waals surface area (Å²) in [6.07, 6.45) is 0. The summed E-state index contributed by atoms with van der Waals surface area (Å²) >= 11 is 1.60. The van der Waals surface area contributed by atoms with Crippen molar-refractivity contribution in [3.63, 3.8) is 0 Å². The Morgan fingerprint density at radius 2 is 2.22 bits per heavy atom. The number of hydrogen-bond acceptors (Lipinski definition) is 4. The molecule has 0 unspecified atom stereocenters. The Hall–Kier alpha value is -0.940. The van der Waals surface area contributed by atoms with Gasteiger partial charge in [-0.3, -0.25) is 4.79 Å². The Bertz CT molecular complexity index is 444. The molecule has 1 aromatic heterocycles. The number of rotatable bonds is 3. The molecule has 1 amide bonds. The van der Waals surface area contributed by atoms with E-state index in [2.05, 4.69) is 36.5 Å². The summed E-state index contributed by atoms with van der Waals surface area (Å²) < 4.78 is 5.09. The second-order valence-corrected chi connectivity index (χ2v) is 7.06. The van der Waals surface area contributed by atoms with E-state index in [1.54, 1.807) is 11.3 Å². The van der Waals surface area contributed by atoms with E-state index in [1.807, 2.05) is 6.92 Å². The molecule has 2 rings (SSSR count). The average Bonchev–Trinajstić information content (AvgIpc) is 2.70. The molecule has 1 N–H and O–H groups in total. The van der Waals surface area contributed by atoms with Crippen molar-refractivity contribution < 1.29 is 9.53 Å². The highest BCUT2D eigenvalue weighted by Gasteiger charge is 2.40. The van der Waals surface area contributed by atoms with Gasteiger partial charge in [-0.15, -0.1) is 11.3 Å². The van der Waals surface area contributed by atoms with Gasteiger partial charge in [-0.25, -0.2) is 4.98 Å². The monoisotopic (exact) mass is 268 g/mol. The van der Waals surface area contributed by atoms with Gasteiger partial charge in [0.15, 0.2) is 0 Å². The summed E-state index contributed by atoms with van der Waals surface area (Å²) in [5.41, 5.74) is 0.798. The minimum absolute atomic E-state index is 0.0567. The maximum atomic E-state index is 11.9. The zero-order chi connectivity index (χ0) is 13.4. The lowest BCUT2D eigenvalue weighted by atomic mass is 9.88. The Labute approximate surface area is 112 Å². The van der Waals surface area contributed by atoms with Gasteiger partial charge in [0.05, 0.1) is 30.9 Å². The Morgan fingerprint density at radius 1 is 1.56 bits per heavy atom. The number of nitrogens with one attached hydrogen (secondary N) is 1. The van der Waals surface area contributed by atoms with Crippen LogP contribution in [0.25, 0.3) is 0 Å². The van der Waals surface area contributed by atoms with E-state index in [-0.39, 0.29) is 16.7 Å². The molecule has 1 aliphatic heterocycles. The molecule has 1 saturated heterocycles. The van der Waals surface area contributed by atoms with Crippen molar-refractivity contribution >= 4 is 17.2 Å². The normalized spacial score (nSPS) is 18.2. The summed E-state index contributed by atoms with van der Waals surface area (Å²) in [5, 5.41) is 5.96. The van der Waals surface area contributed by atoms with Crippen molar-refractivity contribution in [2.24, 2.45) is 5.41 Å². The van der Waals surface area contributed by atoms with E-state index in [1.165, 1.54) is 0 Å². The fourth-order valence-electron chi connectivity index (χ4n) is 1.65. The molecule has 1 aromatic rings. The molecule has 0 atom stereocenters. The number of carbonyl (C=O) groups is 1. The molecule has 5 heteroatoms. The number of nitrogens with zero attached hydrogens (tertiary/aromatic N) is 1. The predicted molar refractivity (Wildman–Crippen MR) is 71.6 cm³/mol. The van der Waals surface area contributed by atoms with Crippen LogP contribution in [0.2, 0.25) is 0 Å². The summed E-state index contributed by atoms with van der Waals surface area (Å²) in [6, 6.07) is 0. The molecule has 18 heavy (non-hydrogen) atoms. The first-order valence-corrected chi connectivity index (χ1v) is 7.00. The van der Waals surface area contributed by atoms with E-state index >= 15 is 0 Å². The molecule has 4 nitrogen and oxygen atoms in total. The van der Waals surface area contributed by atoms with Crippen LogP contribution in [0.1, 0.15) is 38.4 Å². The molecular formula is C13H20N2O2S. The number of ether oxygens (including phenoxy) is 1. The van der Waals surface area contributed by atoms with Crippen molar-refractivity contribution in [2.45, 2.75) is 39.7 Å². The van der Waals surface area contributed by atoms with Gasteiger partial charge in [0, 0.05) is 10.8 Å². The summed E-state index contributed by atoms with van der Waals surface area (Å²) in [7, 11) is 0. The van der Waals surface area contributed by atoms with Crippen LogP contribution in [0, 0.1) is 5.41 Å². The van der Waals surface area contributed by atoms with Crippen molar-refractivity contribution in [3.05, 3.63) is 16.1 Å². The molecule has 100 valence electrons. The zero-order valence-electron chi connectivity index (χ0n) is 11.4. The highest BCUT2D eigenvalue weighted by Crippen LogP contribution is 2.27. The number of aromatic nitrogens is 1. The standard InChI is InChI=1S/C13H20N2O2S/c1-12(2,3)9-6-18-10(15-9)5-14-11(16)13(4)7-17-8-13/h6H,5,7-8H2,1-4H3,(H,14,16). The Morgan fingerprint density at radius 3 is 2.67 bits per heavy atom. The SMILES string of the molecule is CC1(C(=O)NCc2nc(C(C)(C)C)cs2)COC1. The van der Waals surface area contributed by atoms with Crippen LogP contribution in [0.15, 0.2) is 5.38 Å². The van der Waals surface area contributed by atoms with E-state index < -0.39 is 0 Å². The lowest BCUT2D eigenvalue weighted by molar-refractivity contribution is -0.157. The van der Waals surface area contributed by atoms with Crippen LogP contribution >= 0.6 is 11.3 Å². The Balaban J connectivity index is 1.91. The third-order valence-electron chi connectivity index (χ3n) is 3.11. The van der Waals surface area contributed by atoms with Crippen molar-refractivity contribution in [1.82, 2.24) is 10.3 Å². The zero-order valence-corrected chi connectivity index (χ0v) is 12.2. The lowest BCUT2D eigenvalue weighted by Gasteiger charge is -2.36. The van der Waals surface area contributed by atoms with Crippen LogP contribution in [0.3, 0.4) is 0 Å². The maximum Gasteiger partial charge on any atom is 0.230 e. The van der Waals surface area contributed by atoms with E-state index in [9.17, 15) is 4.79 Å². The highest BCUT2D eigenvalue weighted by atomic mass is 32.1. The first-order valence-electron chi connectivity index (χ1n) is 6.12. The van der Waals surface area contributed by atoms with Crippen molar-refractivity contribution in [3.8, 4) is 0 Å². The number of carbonyl (C=O) groups excluding carboxylic acids is 1. The molecule has 0 aromatic carbocycles. The van der Waals surface area contributed by atoms with Crippen LogP contribution in [0.4, 0.5) is 0 Å². The van der Waals surface area contributed by atoms with Gasteiger partial charge >= 0.3 is 0 Å². The van der Waals surface area contributed by atoms with Crippen LogP contribution in [0.5, 0.6) is 0 Å². The topological polar surface area (TPSA) is 51.2 Å². The van der Waals surface area contributed by atoms with Gasteiger partial charge in [-0.1, -0.05) is 20.8 Å². The molecule has 0 bridgehead atoms.